The maximum Gasteiger partial charge on any atom is 0.0997 e. The zero-order valence-electron chi connectivity index (χ0n) is 8.53. The number of aliphatic hydroxyl groups is 1. The Balaban J connectivity index is 3.02. The van der Waals surface area contributed by atoms with E-state index in [4.69, 9.17) is 5.11 Å². The molecule has 0 aliphatic rings. The number of hydrogen-bond acceptors (Lipinski definition) is 3. The van der Waals surface area contributed by atoms with Gasteiger partial charge in [0.1, 0.15) is 0 Å². The number of aliphatic hydroxyl groups excluding tert-OH is 1. The van der Waals surface area contributed by atoms with Crippen molar-refractivity contribution in [1.82, 2.24) is 9.78 Å². The van der Waals surface area contributed by atoms with Crippen LogP contribution < -0.4 is 0 Å². The summed E-state index contributed by atoms with van der Waals surface area (Å²) in [5.41, 5.74) is 1.88. The fourth-order valence-corrected chi connectivity index (χ4v) is 2.23. The van der Waals surface area contributed by atoms with Gasteiger partial charge in [-0.25, -0.2) is 0 Å². The summed E-state index contributed by atoms with van der Waals surface area (Å²) in [6.45, 7) is 6.27. The third-order valence-corrected chi connectivity index (χ3v) is 3.00. The van der Waals surface area contributed by atoms with E-state index in [1.807, 2.05) is 18.7 Å². The predicted octanol–water partition coefficient (Wildman–Crippen LogP) is 1.72. The normalized spacial score (nSPS) is 11.2. The van der Waals surface area contributed by atoms with Crippen LogP contribution in [0.2, 0.25) is 0 Å². The smallest absolute Gasteiger partial charge is 0.0997 e. The highest BCUT2D eigenvalue weighted by Crippen LogP contribution is 2.27. The molecular formula is C9H16N2OS. The Morgan fingerprint density at radius 2 is 2.15 bits per heavy atom. The van der Waals surface area contributed by atoms with E-state index in [2.05, 4.69) is 18.9 Å². The Bertz CT molecular complexity index is 294. The number of aryl methyl sites for hydroxylation is 2. The van der Waals surface area contributed by atoms with Crippen LogP contribution in [0.1, 0.15) is 25.1 Å². The Hall–Kier alpha value is -0.480. The summed E-state index contributed by atoms with van der Waals surface area (Å²) in [7, 11) is 1.91. The van der Waals surface area contributed by atoms with Gasteiger partial charge in [0.25, 0.3) is 0 Å². The van der Waals surface area contributed by atoms with E-state index in [-0.39, 0.29) is 6.61 Å². The van der Waals surface area contributed by atoms with Crippen molar-refractivity contribution < 1.29 is 5.11 Å². The number of nitrogens with zero attached hydrogens (tertiary/aromatic N) is 2. The minimum absolute atomic E-state index is 0.0781. The van der Waals surface area contributed by atoms with Gasteiger partial charge in [0.05, 0.1) is 17.3 Å². The molecule has 74 valence electrons. The molecule has 0 unspecified atom stereocenters. The minimum Gasteiger partial charge on any atom is -0.392 e. The first-order chi connectivity index (χ1) is 6.06. The van der Waals surface area contributed by atoms with Crippen LogP contribution >= 0.6 is 11.8 Å². The third-order valence-electron chi connectivity index (χ3n) is 1.79. The molecule has 13 heavy (non-hydrogen) atoms. The fourth-order valence-electron chi connectivity index (χ4n) is 1.23. The van der Waals surface area contributed by atoms with Crippen LogP contribution in [0.5, 0.6) is 0 Å². The summed E-state index contributed by atoms with van der Waals surface area (Å²) in [6.07, 6.45) is 0. The van der Waals surface area contributed by atoms with E-state index in [0.29, 0.717) is 5.25 Å². The topological polar surface area (TPSA) is 38.0 Å². The van der Waals surface area contributed by atoms with Crippen molar-refractivity contribution >= 4 is 11.8 Å². The van der Waals surface area contributed by atoms with Gasteiger partial charge < -0.3 is 5.11 Å². The highest BCUT2D eigenvalue weighted by molar-refractivity contribution is 7.99. The molecule has 0 saturated carbocycles. The average molecular weight is 200 g/mol. The lowest BCUT2D eigenvalue weighted by molar-refractivity contribution is 0.277. The molecule has 0 bridgehead atoms. The molecule has 1 aromatic rings. The molecule has 1 rings (SSSR count). The second-order valence-corrected chi connectivity index (χ2v) is 4.88. The maximum absolute atomic E-state index is 9.16. The zero-order valence-corrected chi connectivity index (χ0v) is 9.35. The lowest BCUT2D eigenvalue weighted by Crippen LogP contribution is -1.97. The second-order valence-electron chi connectivity index (χ2n) is 3.32. The SMILES string of the molecule is Cc1nn(C)c(SC(C)C)c1CO. The van der Waals surface area contributed by atoms with Gasteiger partial charge in [-0.05, 0) is 6.92 Å². The lowest BCUT2D eigenvalue weighted by Gasteiger charge is -2.06. The fraction of sp³-hybridized carbons (Fsp3) is 0.667. The molecule has 4 heteroatoms. The Morgan fingerprint density at radius 3 is 2.62 bits per heavy atom. The van der Waals surface area contributed by atoms with Gasteiger partial charge in [0.15, 0.2) is 0 Å². The molecule has 1 heterocycles. The van der Waals surface area contributed by atoms with Crippen molar-refractivity contribution in [3.63, 3.8) is 0 Å². The number of hydrogen-bond donors (Lipinski definition) is 1. The van der Waals surface area contributed by atoms with Crippen LogP contribution in [0.15, 0.2) is 5.03 Å². The summed E-state index contributed by atoms with van der Waals surface area (Å²) < 4.78 is 1.84. The molecule has 0 atom stereocenters. The first-order valence-electron chi connectivity index (χ1n) is 4.36. The summed E-state index contributed by atoms with van der Waals surface area (Å²) >= 11 is 1.74. The molecule has 0 fully saturated rings. The highest BCUT2D eigenvalue weighted by atomic mass is 32.2. The molecule has 0 radical (unpaired) electrons. The largest absolute Gasteiger partial charge is 0.392 e. The van der Waals surface area contributed by atoms with Crippen molar-refractivity contribution in [3.8, 4) is 0 Å². The van der Waals surface area contributed by atoms with Crippen LogP contribution in [0.3, 0.4) is 0 Å². The molecule has 0 aliphatic heterocycles. The van der Waals surface area contributed by atoms with E-state index >= 15 is 0 Å². The first-order valence-corrected chi connectivity index (χ1v) is 5.24. The second kappa shape index (κ2) is 4.15. The van der Waals surface area contributed by atoms with Gasteiger partial charge in [0.2, 0.25) is 0 Å². The first kappa shape index (κ1) is 10.6. The van der Waals surface area contributed by atoms with Gasteiger partial charge in [-0.15, -0.1) is 11.8 Å². The molecule has 1 N–H and O–H groups in total. The Kier molecular flexibility index (Phi) is 3.39. The molecule has 0 saturated heterocycles. The Labute approximate surface area is 83.1 Å². The van der Waals surface area contributed by atoms with Crippen LogP contribution in [-0.2, 0) is 13.7 Å². The lowest BCUT2D eigenvalue weighted by atomic mass is 10.3. The summed E-state index contributed by atoms with van der Waals surface area (Å²) in [4.78, 5) is 0. The molecule has 0 aliphatic carbocycles. The van der Waals surface area contributed by atoms with Gasteiger partial charge in [-0.3, -0.25) is 4.68 Å². The summed E-state index contributed by atoms with van der Waals surface area (Å²) in [5.74, 6) is 0. The van der Waals surface area contributed by atoms with E-state index in [0.717, 1.165) is 16.3 Å². The van der Waals surface area contributed by atoms with Crippen molar-refractivity contribution in [2.75, 3.05) is 0 Å². The van der Waals surface area contributed by atoms with Crippen LogP contribution in [0.4, 0.5) is 0 Å². The van der Waals surface area contributed by atoms with Crippen molar-refractivity contribution in [1.29, 1.82) is 0 Å². The highest BCUT2D eigenvalue weighted by Gasteiger charge is 2.13. The Morgan fingerprint density at radius 1 is 1.54 bits per heavy atom. The molecule has 0 amide bonds. The molecule has 3 nitrogen and oxygen atoms in total. The van der Waals surface area contributed by atoms with Crippen molar-refractivity contribution in [2.45, 2.75) is 37.7 Å². The van der Waals surface area contributed by atoms with Gasteiger partial charge in [-0.2, -0.15) is 5.10 Å². The van der Waals surface area contributed by atoms with Gasteiger partial charge in [0, 0.05) is 17.9 Å². The standard InChI is InChI=1S/C9H16N2OS/c1-6(2)13-9-8(5-12)7(3)10-11(9)4/h6,12H,5H2,1-4H3. The predicted molar refractivity (Wildman–Crippen MR) is 54.9 cm³/mol. The molecule has 1 aromatic heterocycles. The van der Waals surface area contributed by atoms with E-state index in [1.165, 1.54) is 0 Å². The minimum atomic E-state index is 0.0781. The number of thioether (sulfide) groups is 1. The van der Waals surface area contributed by atoms with Gasteiger partial charge in [-0.1, -0.05) is 13.8 Å². The van der Waals surface area contributed by atoms with Crippen LogP contribution in [0.25, 0.3) is 0 Å². The third kappa shape index (κ3) is 2.25. The van der Waals surface area contributed by atoms with E-state index in [9.17, 15) is 0 Å². The summed E-state index contributed by atoms with van der Waals surface area (Å²) in [5, 5.41) is 15.0. The van der Waals surface area contributed by atoms with E-state index < -0.39 is 0 Å². The van der Waals surface area contributed by atoms with Crippen LogP contribution in [0, 0.1) is 6.92 Å². The van der Waals surface area contributed by atoms with E-state index in [1.54, 1.807) is 11.8 Å². The average Bonchev–Trinajstić information content (AvgIpc) is 2.26. The van der Waals surface area contributed by atoms with Crippen LogP contribution in [-0.4, -0.2) is 20.1 Å². The quantitative estimate of drug-likeness (QED) is 0.755. The maximum atomic E-state index is 9.16. The zero-order chi connectivity index (χ0) is 10.0. The number of aromatic nitrogens is 2. The van der Waals surface area contributed by atoms with Crippen molar-refractivity contribution in [3.05, 3.63) is 11.3 Å². The summed E-state index contributed by atoms with van der Waals surface area (Å²) in [6, 6.07) is 0. The molecule has 0 aromatic carbocycles. The van der Waals surface area contributed by atoms with Crippen molar-refractivity contribution in [2.24, 2.45) is 7.05 Å². The number of rotatable bonds is 3. The molecular weight excluding hydrogens is 184 g/mol. The monoisotopic (exact) mass is 200 g/mol. The van der Waals surface area contributed by atoms with Gasteiger partial charge >= 0.3 is 0 Å². The molecule has 0 spiro atoms.